The molecule has 0 heterocycles. The summed E-state index contributed by atoms with van der Waals surface area (Å²) in [6, 6.07) is 2.53. The Bertz CT molecular complexity index is 656. The van der Waals surface area contributed by atoms with E-state index in [9.17, 15) is 26.4 Å². The topological polar surface area (TPSA) is 81.7 Å². The molecular formula is C14H18F3NO5S. The fraction of sp³-hybridized carbons (Fsp3) is 0.500. The summed E-state index contributed by atoms with van der Waals surface area (Å²) in [5.74, 6) is -1.66. The molecule has 10 heteroatoms. The Morgan fingerprint density at radius 3 is 2.17 bits per heavy atom. The SMILES string of the molecule is CCOC(=O)C(NS(=O)(=O)c1ccc(OC(F)(F)F)cc1)C(C)C. The van der Waals surface area contributed by atoms with Crippen LogP contribution in [0, 0.1) is 5.92 Å². The molecule has 1 aromatic carbocycles. The number of rotatable bonds is 7. The highest BCUT2D eigenvalue weighted by atomic mass is 32.2. The number of sulfonamides is 1. The first-order chi connectivity index (χ1) is 11.0. The highest BCUT2D eigenvalue weighted by Gasteiger charge is 2.32. The average Bonchev–Trinajstić information content (AvgIpc) is 2.43. The van der Waals surface area contributed by atoms with Crippen LogP contribution in [0.3, 0.4) is 0 Å². The maximum Gasteiger partial charge on any atom is 0.573 e. The van der Waals surface area contributed by atoms with E-state index in [1.807, 2.05) is 0 Å². The van der Waals surface area contributed by atoms with Gasteiger partial charge in [0.2, 0.25) is 10.0 Å². The minimum absolute atomic E-state index is 0.0905. The van der Waals surface area contributed by atoms with Crippen molar-refractivity contribution in [3.05, 3.63) is 24.3 Å². The molecule has 6 nitrogen and oxygen atoms in total. The number of esters is 1. The van der Waals surface area contributed by atoms with Gasteiger partial charge in [0, 0.05) is 0 Å². The quantitative estimate of drug-likeness (QED) is 0.747. The summed E-state index contributed by atoms with van der Waals surface area (Å²) in [4.78, 5) is 11.5. The molecule has 0 bridgehead atoms. The summed E-state index contributed by atoms with van der Waals surface area (Å²) < 4.78 is 71.5. The average molecular weight is 369 g/mol. The van der Waals surface area contributed by atoms with Gasteiger partial charge in [0.25, 0.3) is 0 Å². The van der Waals surface area contributed by atoms with Crippen LogP contribution in [0.15, 0.2) is 29.2 Å². The molecule has 0 amide bonds. The van der Waals surface area contributed by atoms with Crippen molar-refractivity contribution < 1.29 is 35.9 Å². The lowest BCUT2D eigenvalue weighted by Gasteiger charge is -2.20. The van der Waals surface area contributed by atoms with Crippen LogP contribution in [-0.4, -0.2) is 33.4 Å². The summed E-state index contributed by atoms with van der Waals surface area (Å²) in [5.41, 5.74) is 0. The Morgan fingerprint density at radius 1 is 1.21 bits per heavy atom. The molecule has 1 atom stereocenters. The predicted octanol–water partition coefficient (Wildman–Crippen LogP) is 2.45. The van der Waals surface area contributed by atoms with Crippen LogP contribution in [-0.2, 0) is 19.6 Å². The van der Waals surface area contributed by atoms with E-state index >= 15 is 0 Å². The lowest BCUT2D eigenvalue weighted by molar-refractivity contribution is -0.274. The van der Waals surface area contributed by atoms with Crippen molar-refractivity contribution in [1.29, 1.82) is 0 Å². The van der Waals surface area contributed by atoms with E-state index in [1.165, 1.54) is 0 Å². The Morgan fingerprint density at radius 2 is 1.75 bits per heavy atom. The molecule has 0 spiro atoms. The van der Waals surface area contributed by atoms with E-state index in [4.69, 9.17) is 4.74 Å². The number of hydrogen-bond donors (Lipinski definition) is 1. The Hall–Kier alpha value is -1.81. The van der Waals surface area contributed by atoms with Gasteiger partial charge < -0.3 is 9.47 Å². The van der Waals surface area contributed by atoms with Crippen LogP contribution in [0.4, 0.5) is 13.2 Å². The second-order valence-corrected chi connectivity index (χ2v) is 6.83. The number of carbonyl (C=O) groups is 1. The molecule has 0 aliphatic carbocycles. The minimum atomic E-state index is -4.87. The third-order valence-corrected chi connectivity index (χ3v) is 4.31. The van der Waals surface area contributed by atoms with Gasteiger partial charge in [0.05, 0.1) is 11.5 Å². The van der Waals surface area contributed by atoms with Crippen LogP contribution < -0.4 is 9.46 Å². The molecule has 0 radical (unpaired) electrons. The first-order valence-corrected chi connectivity index (χ1v) is 8.49. The molecule has 24 heavy (non-hydrogen) atoms. The van der Waals surface area contributed by atoms with Gasteiger partial charge in [0.1, 0.15) is 11.8 Å². The second-order valence-electron chi connectivity index (χ2n) is 5.11. The molecule has 0 aliphatic rings. The fourth-order valence-corrected chi connectivity index (χ4v) is 3.08. The van der Waals surface area contributed by atoms with Crippen LogP contribution in [0.2, 0.25) is 0 Å². The normalized spacial score (nSPS) is 13.6. The Kier molecular flexibility index (Phi) is 6.61. The van der Waals surface area contributed by atoms with Gasteiger partial charge in [0.15, 0.2) is 0 Å². The maximum atomic E-state index is 12.3. The molecule has 0 saturated heterocycles. The van der Waals surface area contributed by atoms with E-state index < -0.39 is 34.1 Å². The summed E-state index contributed by atoms with van der Waals surface area (Å²) in [6.45, 7) is 4.94. The number of benzene rings is 1. The van der Waals surface area contributed by atoms with Crippen LogP contribution in [0.25, 0.3) is 0 Å². The fourth-order valence-electron chi connectivity index (χ4n) is 1.74. The first kappa shape index (κ1) is 20.2. The summed E-state index contributed by atoms with van der Waals surface area (Å²) in [5, 5.41) is 0. The monoisotopic (exact) mass is 369 g/mol. The molecule has 0 saturated carbocycles. The van der Waals surface area contributed by atoms with E-state index in [0.717, 1.165) is 24.3 Å². The van der Waals surface area contributed by atoms with Crippen molar-refractivity contribution >= 4 is 16.0 Å². The second kappa shape index (κ2) is 7.84. The van der Waals surface area contributed by atoms with Crippen LogP contribution in [0.1, 0.15) is 20.8 Å². The highest BCUT2D eigenvalue weighted by molar-refractivity contribution is 7.89. The number of alkyl halides is 3. The lowest BCUT2D eigenvalue weighted by Crippen LogP contribution is -2.45. The zero-order valence-corrected chi connectivity index (χ0v) is 14.1. The molecule has 1 unspecified atom stereocenters. The van der Waals surface area contributed by atoms with Gasteiger partial charge in [-0.2, -0.15) is 4.72 Å². The zero-order chi connectivity index (χ0) is 18.5. The zero-order valence-electron chi connectivity index (χ0n) is 13.3. The van der Waals surface area contributed by atoms with Gasteiger partial charge in [-0.05, 0) is 37.1 Å². The van der Waals surface area contributed by atoms with Crippen LogP contribution in [0.5, 0.6) is 5.75 Å². The summed E-state index contributed by atoms with van der Waals surface area (Å²) >= 11 is 0. The van der Waals surface area contributed by atoms with Gasteiger partial charge in [-0.25, -0.2) is 8.42 Å². The number of ether oxygens (including phenoxy) is 2. The lowest BCUT2D eigenvalue weighted by atomic mass is 10.1. The molecule has 1 rings (SSSR count). The van der Waals surface area contributed by atoms with E-state index in [2.05, 4.69) is 9.46 Å². The third-order valence-electron chi connectivity index (χ3n) is 2.86. The van der Waals surface area contributed by atoms with Gasteiger partial charge >= 0.3 is 12.3 Å². The number of hydrogen-bond acceptors (Lipinski definition) is 5. The van der Waals surface area contributed by atoms with E-state index in [0.29, 0.717) is 0 Å². The molecule has 0 aliphatic heterocycles. The Labute approximate surface area is 138 Å². The standard InChI is InChI=1S/C14H18F3NO5S/c1-4-22-13(19)12(9(2)3)18-24(20,21)11-7-5-10(6-8-11)23-14(15,16)17/h5-9,12,18H,4H2,1-3H3. The van der Waals surface area contributed by atoms with Crippen molar-refractivity contribution in [3.8, 4) is 5.75 Å². The van der Waals surface area contributed by atoms with Gasteiger partial charge in [-0.15, -0.1) is 13.2 Å². The first-order valence-electron chi connectivity index (χ1n) is 7.01. The number of nitrogens with one attached hydrogen (secondary N) is 1. The molecule has 1 aromatic rings. The highest BCUT2D eigenvalue weighted by Crippen LogP contribution is 2.24. The molecule has 0 fully saturated rings. The van der Waals surface area contributed by atoms with Crippen molar-refractivity contribution in [2.24, 2.45) is 5.92 Å². The van der Waals surface area contributed by atoms with Crippen molar-refractivity contribution in [1.82, 2.24) is 4.72 Å². The molecule has 1 N–H and O–H groups in total. The number of halogens is 3. The van der Waals surface area contributed by atoms with Gasteiger partial charge in [-0.3, -0.25) is 4.79 Å². The van der Waals surface area contributed by atoms with E-state index in [-0.39, 0.29) is 17.4 Å². The summed E-state index contributed by atoms with van der Waals surface area (Å²) in [7, 11) is -4.12. The molecule has 0 aromatic heterocycles. The van der Waals surface area contributed by atoms with Crippen molar-refractivity contribution in [3.63, 3.8) is 0 Å². The van der Waals surface area contributed by atoms with Crippen molar-refractivity contribution in [2.45, 2.75) is 38.1 Å². The largest absolute Gasteiger partial charge is 0.573 e. The number of carbonyl (C=O) groups excluding carboxylic acids is 1. The maximum absolute atomic E-state index is 12.3. The van der Waals surface area contributed by atoms with Crippen molar-refractivity contribution in [2.75, 3.05) is 6.61 Å². The molecular weight excluding hydrogens is 351 g/mol. The van der Waals surface area contributed by atoms with Crippen LogP contribution >= 0.6 is 0 Å². The smallest absolute Gasteiger partial charge is 0.465 e. The summed E-state index contributed by atoms with van der Waals surface area (Å²) in [6.07, 6.45) is -4.87. The Balaban J connectivity index is 2.96. The predicted molar refractivity (Wildman–Crippen MR) is 78.7 cm³/mol. The van der Waals surface area contributed by atoms with E-state index in [1.54, 1.807) is 20.8 Å². The minimum Gasteiger partial charge on any atom is -0.465 e. The van der Waals surface area contributed by atoms with Gasteiger partial charge in [-0.1, -0.05) is 13.8 Å². The molecule has 136 valence electrons. The third kappa shape index (κ3) is 6.00.